The van der Waals surface area contributed by atoms with Crippen molar-refractivity contribution in [2.24, 2.45) is 0 Å². The molecule has 0 aromatic carbocycles. The lowest BCUT2D eigenvalue weighted by Crippen LogP contribution is -2.28. The van der Waals surface area contributed by atoms with Crippen LogP contribution in [0.2, 0.25) is 0 Å². The zero-order valence-electron chi connectivity index (χ0n) is 5.72. The lowest BCUT2D eigenvalue weighted by Gasteiger charge is -2.12. The van der Waals surface area contributed by atoms with Gasteiger partial charge in [-0.2, -0.15) is 5.26 Å². The highest BCUT2D eigenvalue weighted by Gasteiger charge is 2.18. The van der Waals surface area contributed by atoms with Crippen LogP contribution in [0.25, 0.3) is 0 Å². The number of rotatable bonds is 3. The first kappa shape index (κ1) is 8.41. The van der Waals surface area contributed by atoms with Crippen LogP contribution in [0.4, 0.5) is 0 Å². The van der Waals surface area contributed by atoms with Crippen LogP contribution in [0.5, 0.6) is 0 Å². The van der Waals surface area contributed by atoms with Gasteiger partial charge in [-0.1, -0.05) is 0 Å². The summed E-state index contributed by atoms with van der Waals surface area (Å²) in [6.45, 7) is 3.84. The van der Waals surface area contributed by atoms with Crippen molar-refractivity contribution in [3.05, 3.63) is 0 Å². The summed E-state index contributed by atoms with van der Waals surface area (Å²) in [7, 11) is 0. The molecule has 3 nitrogen and oxygen atoms in total. The van der Waals surface area contributed by atoms with E-state index >= 15 is 0 Å². The first-order chi connectivity index (χ1) is 4.12. The Hall–Kier alpha value is -0.590. The maximum Gasteiger partial charge on any atom is 0.171 e. The molecule has 1 N–H and O–H groups in total. The van der Waals surface area contributed by atoms with Crippen molar-refractivity contribution in [3.8, 4) is 6.07 Å². The predicted molar refractivity (Wildman–Crippen MR) is 32.7 cm³/mol. The van der Waals surface area contributed by atoms with Gasteiger partial charge in [0.25, 0.3) is 0 Å². The van der Waals surface area contributed by atoms with Gasteiger partial charge in [-0.05, 0) is 13.8 Å². The number of nitriles is 1. The van der Waals surface area contributed by atoms with Gasteiger partial charge >= 0.3 is 0 Å². The normalized spacial score (nSPS) is 16.2. The van der Waals surface area contributed by atoms with E-state index in [2.05, 4.69) is 0 Å². The number of hydrogen-bond acceptors (Lipinski definition) is 3. The highest BCUT2D eigenvalue weighted by molar-refractivity contribution is 4.95. The summed E-state index contributed by atoms with van der Waals surface area (Å²) in [4.78, 5) is 0. The number of ether oxygens (including phenoxy) is 1. The summed E-state index contributed by atoms with van der Waals surface area (Å²) in [6.07, 6.45) is 0. The summed E-state index contributed by atoms with van der Waals surface area (Å²) in [5.74, 6) is 0. The summed E-state index contributed by atoms with van der Waals surface area (Å²) in [6, 6.07) is 1.71. The van der Waals surface area contributed by atoms with E-state index in [9.17, 15) is 0 Å². The van der Waals surface area contributed by atoms with Gasteiger partial charge in [-0.3, -0.25) is 0 Å². The van der Waals surface area contributed by atoms with Crippen molar-refractivity contribution in [2.75, 3.05) is 13.2 Å². The van der Waals surface area contributed by atoms with Gasteiger partial charge in [-0.25, -0.2) is 0 Å². The Kier molecular flexibility index (Phi) is 3.21. The molecule has 3 heteroatoms. The van der Waals surface area contributed by atoms with Gasteiger partial charge in [0.1, 0.15) is 0 Å². The largest absolute Gasteiger partial charge is 0.378 e. The molecule has 0 amide bonds. The summed E-state index contributed by atoms with van der Waals surface area (Å²) in [5.41, 5.74) is -1.32. The van der Waals surface area contributed by atoms with Crippen LogP contribution in [0.15, 0.2) is 0 Å². The molecule has 0 saturated heterocycles. The summed E-state index contributed by atoms with van der Waals surface area (Å²) < 4.78 is 4.82. The van der Waals surface area contributed by atoms with Crippen molar-refractivity contribution in [1.82, 2.24) is 0 Å². The fraction of sp³-hybridized carbons (Fsp3) is 0.833. The standard InChI is InChI=1S/C6H11NO2/c1-3-9-5-6(2,8)4-7/h8H,3,5H2,1-2H3. The lowest BCUT2D eigenvalue weighted by molar-refractivity contribution is 0.00823. The van der Waals surface area contributed by atoms with E-state index in [1.807, 2.05) is 6.92 Å². The molecule has 0 aliphatic rings. The molecule has 0 aromatic rings. The third-order valence-electron chi connectivity index (χ3n) is 0.828. The van der Waals surface area contributed by atoms with Crippen molar-refractivity contribution < 1.29 is 9.84 Å². The van der Waals surface area contributed by atoms with Crippen molar-refractivity contribution in [2.45, 2.75) is 19.4 Å². The molecule has 52 valence electrons. The highest BCUT2D eigenvalue weighted by atomic mass is 16.5. The van der Waals surface area contributed by atoms with Gasteiger partial charge in [0.15, 0.2) is 5.60 Å². The van der Waals surface area contributed by atoms with Crippen LogP contribution < -0.4 is 0 Å². The quantitative estimate of drug-likeness (QED) is 0.557. The summed E-state index contributed by atoms with van der Waals surface area (Å²) in [5, 5.41) is 17.2. The summed E-state index contributed by atoms with van der Waals surface area (Å²) >= 11 is 0. The smallest absolute Gasteiger partial charge is 0.171 e. The number of nitrogens with zero attached hydrogens (tertiary/aromatic N) is 1. The van der Waals surface area contributed by atoms with Crippen LogP contribution in [0.3, 0.4) is 0 Å². The van der Waals surface area contributed by atoms with E-state index in [1.54, 1.807) is 6.07 Å². The zero-order valence-corrected chi connectivity index (χ0v) is 5.72. The fourth-order valence-electron chi connectivity index (χ4n) is 0.333. The minimum absolute atomic E-state index is 0.0833. The molecular weight excluding hydrogens is 118 g/mol. The average molecular weight is 129 g/mol. The van der Waals surface area contributed by atoms with E-state index < -0.39 is 5.60 Å². The topological polar surface area (TPSA) is 53.2 Å². The SMILES string of the molecule is CCOCC(C)(O)C#N. The Morgan fingerprint density at radius 3 is 2.67 bits per heavy atom. The Balaban J connectivity index is 3.49. The first-order valence-electron chi connectivity index (χ1n) is 2.84. The van der Waals surface area contributed by atoms with E-state index in [4.69, 9.17) is 15.1 Å². The Morgan fingerprint density at radius 2 is 2.33 bits per heavy atom. The van der Waals surface area contributed by atoms with Gasteiger partial charge in [0.05, 0.1) is 12.7 Å². The van der Waals surface area contributed by atoms with Crippen molar-refractivity contribution in [3.63, 3.8) is 0 Å². The molecule has 0 aliphatic heterocycles. The van der Waals surface area contributed by atoms with Crippen LogP contribution >= 0.6 is 0 Å². The van der Waals surface area contributed by atoms with E-state index in [0.29, 0.717) is 6.61 Å². The van der Waals surface area contributed by atoms with E-state index in [-0.39, 0.29) is 6.61 Å². The van der Waals surface area contributed by atoms with E-state index in [0.717, 1.165) is 0 Å². The van der Waals surface area contributed by atoms with Gasteiger partial charge in [-0.15, -0.1) is 0 Å². The molecular formula is C6H11NO2. The molecule has 0 fully saturated rings. The van der Waals surface area contributed by atoms with Gasteiger partial charge in [0.2, 0.25) is 0 Å². The minimum atomic E-state index is -1.32. The molecule has 0 bridgehead atoms. The minimum Gasteiger partial charge on any atom is -0.378 e. The van der Waals surface area contributed by atoms with Crippen LogP contribution in [0.1, 0.15) is 13.8 Å². The Labute approximate surface area is 54.9 Å². The highest BCUT2D eigenvalue weighted by Crippen LogP contribution is 1.99. The van der Waals surface area contributed by atoms with Crippen LogP contribution in [0, 0.1) is 11.3 Å². The molecule has 1 atom stereocenters. The molecule has 0 spiro atoms. The Morgan fingerprint density at radius 1 is 1.78 bits per heavy atom. The van der Waals surface area contributed by atoms with Gasteiger partial charge < -0.3 is 9.84 Å². The Bertz CT molecular complexity index is 115. The molecule has 0 saturated carbocycles. The fourth-order valence-corrected chi connectivity index (χ4v) is 0.333. The van der Waals surface area contributed by atoms with Crippen molar-refractivity contribution in [1.29, 1.82) is 5.26 Å². The second-order valence-electron chi connectivity index (χ2n) is 2.02. The number of hydrogen-bond donors (Lipinski definition) is 1. The van der Waals surface area contributed by atoms with Gasteiger partial charge in [0, 0.05) is 6.61 Å². The molecule has 0 radical (unpaired) electrons. The first-order valence-corrected chi connectivity index (χ1v) is 2.84. The third-order valence-corrected chi connectivity index (χ3v) is 0.828. The maximum absolute atomic E-state index is 8.97. The van der Waals surface area contributed by atoms with Crippen LogP contribution in [-0.2, 0) is 4.74 Å². The van der Waals surface area contributed by atoms with E-state index in [1.165, 1.54) is 6.92 Å². The monoisotopic (exact) mass is 129 g/mol. The average Bonchev–Trinajstić information content (AvgIpc) is 1.84. The molecule has 0 aromatic heterocycles. The third kappa shape index (κ3) is 3.95. The second-order valence-corrected chi connectivity index (χ2v) is 2.02. The molecule has 9 heavy (non-hydrogen) atoms. The van der Waals surface area contributed by atoms with Crippen molar-refractivity contribution >= 4 is 0 Å². The number of aliphatic hydroxyl groups is 1. The molecule has 1 unspecified atom stereocenters. The molecule has 0 heterocycles. The molecule has 0 aliphatic carbocycles. The zero-order chi connectivity index (χ0) is 7.33. The maximum atomic E-state index is 8.97. The predicted octanol–water partition coefficient (Wildman–Crippen LogP) is 0.297. The van der Waals surface area contributed by atoms with Crippen LogP contribution in [-0.4, -0.2) is 23.9 Å². The second kappa shape index (κ2) is 3.44. The molecule has 0 rings (SSSR count). The lowest BCUT2D eigenvalue weighted by atomic mass is 10.1.